The summed E-state index contributed by atoms with van der Waals surface area (Å²) in [5, 5.41) is 3.89. The number of amides is 3. The Morgan fingerprint density at radius 2 is 1.76 bits per heavy atom. The van der Waals surface area contributed by atoms with Crippen molar-refractivity contribution >= 4 is 56.7 Å². The molecule has 150 valence electrons. The van der Waals surface area contributed by atoms with Crippen LogP contribution in [0.4, 0.5) is 10.1 Å². The SMILES string of the molecule is CN1C(=O)C(CC(=O)Nc2ccc(F)cc2)N(NC(=O)c2ccc(Br)cc2)C1=S. The Morgan fingerprint density at radius 1 is 1.14 bits per heavy atom. The molecule has 0 radical (unpaired) electrons. The first-order valence-electron chi connectivity index (χ1n) is 8.49. The number of hydrogen-bond donors (Lipinski definition) is 2. The number of nitrogens with one attached hydrogen (secondary N) is 2. The van der Waals surface area contributed by atoms with Gasteiger partial charge in [0.25, 0.3) is 11.8 Å². The highest BCUT2D eigenvalue weighted by Gasteiger charge is 2.42. The van der Waals surface area contributed by atoms with Gasteiger partial charge in [-0.3, -0.25) is 24.7 Å². The minimum Gasteiger partial charge on any atom is -0.326 e. The summed E-state index contributed by atoms with van der Waals surface area (Å²) in [6.45, 7) is 0. The lowest BCUT2D eigenvalue weighted by Crippen LogP contribution is -2.49. The van der Waals surface area contributed by atoms with E-state index in [1.807, 2.05) is 0 Å². The van der Waals surface area contributed by atoms with Crippen molar-refractivity contribution in [2.45, 2.75) is 12.5 Å². The van der Waals surface area contributed by atoms with Crippen LogP contribution in [0.25, 0.3) is 0 Å². The Bertz CT molecular complexity index is 968. The Kier molecular flexibility index (Phi) is 6.23. The van der Waals surface area contributed by atoms with E-state index in [2.05, 4.69) is 26.7 Å². The topological polar surface area (TPSA) is 81.8 Å². The van der Waals surface area contributed by atoms with E-state index in [1.54, 1.807) is 24.3 Å². The molecule has 2 aromatic rings. The smallest absolute Gasteiger partial charge is 0.269 e. The molecule has 1 atom stereocenters. The lowest BCUT2D eigenvalue weighted by atomic mass is 10.2. The van der Waals surface area contributed by atoms with E-state index in [0.717, 1.165) is 4.47 Å². The fourth-order valence-electron chi connectivity index (χ4n) is 2.72. The molecule has 0 saturated carbocycles. The molecule has 2 N–H and O–H groups in total. The molecule has 3 rings (SSSR count). The van der Waals surface area contributed by atoms with Gasteiger partial charge in [0.05, 0.1) is 6.42 Å². The Balaban J connectivity index is 1.72. The van der Waals surface area contributed by atoms with Crippen molar-refractivity contribution in [3.05, 3.63) is 64.4 Å². The molecule has 10 heteroatoms. The fraction of sp³-hybridized carbons (Fsp3) is 0.158. The third-order valence-corrected chi connectivity index (χ3v) is 5.25. The Morgan fingerprint density at radius 3 is 2.38 bits per heavy atom. The first-order valence-corrected chi connectivity index (χ1v) is 9.69. The number of hydrazine groups is 1. The van der Waals surface area contributed by atoms with E-state index < -0.39 is 29.6 Å². The Hall–Kier alpha value is -2.85. The van der Waals surface area contributed by atoms with Crippen LogP contribution in [0.5, 0.6) is 0 Å². The van der Waals surface area contributed by atoms with E-state index in [1.165, 1.54) is 41.2 Å². The van der Waals surface area contributed by atoms with Crippen LogP contribution in [0.1, 0.15) is 16.8 Å². The lowest BCUT2D eigenvalue weighted by molar-refractivity contribution is -0.130. The van der Waals surface area contributed by atoms with Crippen molar-refractivity contribution in [2.24, 2.45) is 0 Å². The molecular weight excluding hydrogens is 463 g/mol. The standard InChI is InChI=1S/C19H16BrFN4O3S/c1-24-18(28)15(10-16(26)22-14-8-6-13(21)7-9-14)25(19(24)29)23-17(27)11-2-4-12(20)5-3-11/h2-9,15H,10H2,1H3,(H,22,26)(H,23,27). The van der Waals surface area contributed by atoms with Gasteiger partial charge in [-0.1, -0.05) is 15.9 Å². The van der Waals surface area contributed by atoms with Crippen molar-refractivity contribution in [1.82, 2.24) is 15.3 Å². The largest absolute Gasteiger partial charge is 0.326 e. The van der Waals surface area contributed by atoms with Crippen LogP contribution in [0.15, 0.2) is 53.0 Å². The lowest BCUT2D eigenvalue weighted by Gasteiger charge is -2.24. The van der Waals surface area contributed by atoms with Gasteiger partial charge in [0.15, 0.2) is 5.11 Å². The first kappa shape index (κ1) is 20.9. The van der Waals surface area contributed by atoms with Crippen molar-refractivity contribution in [3.8, 4) is 0 Å². The predicted molar refractivity (Wildman–Crippen MR) is 112 cm³/mol. The summed E-state index contributed by atoms with van der Waals surface area (Å²) in [6, 6.07) is 10.9. The number of thiocarbonyl (C=S) groups is 1. The van der Waals surface area contributed by atoms with Gasteiger partial charge >= 0.3 is 0 Å². The summed E-state index contributed by atoms with van der Waals surface area (Å²) in [6.07, 6.45) is -0.249. The second-order valence-electron chi connectivity index (χ2n) is 6.27. The third kappa shape index (κ3) is 4.77. The number of carbonyl (C=O) groups excluding carboxylic acids is 3. The van der Waals surface area contributed by atoms with E-state index in [4.69, 9.17) is 12.2 Å². The number of anilines is 1. The van der Waals surface area contributed by atoms with Gasteiger partial charge in [-0.2, -0.15) is 0 Å². The molecule has 1 unspecified atom stereocenters. The zero-order chi connectivity index (χ0) is 21.1. The minimum atomic E-state index is -0.993. The number of hydrogen-bond acceptors (Lipinski definition) is 4. The molecule has 2 aromatic carbocycles. The molecular formula is C19H16BrFN4O3S. The predicted octanol–water partition coefficient (Wildman–Crippen LogP) is 2.69. The molecule has 0 aromatic heterocycles. The van der Waals surface area contributed by atoms with Gasteiger partial charge in [0.2, 0.25) is 5.91 Å². The third-order valence-electron chi connectivity index (χ3n) is 4.26. The summed E-state index contributed by atoms with van der Waals surface area (Å²) in [7, 11) is 1.47. The fourth-order valence-corrected chi connectivity index (χ4v) is 3.25. The number of carbonyl (C=O) groups is 3. The Labute approximate surface area is 180 Å². The number of halogens is 2. The summed E-state index contributed by atoms with van der Waals surface area (Å²) in [5.74, 6) is -1.79. The number of likely N-dealkylation sites (N-methyl/N-ethyl adjacent to an activating group) is 1. The molecule has 1 heterocycles. The van der Waals surface area contributed by atoms with Crippen LogP contribution in [0, 0.1) is 5.82 Å². The second-order valence-corrected chi connectivity index (χ2v) is 7.55. The van der Waals surface area contributed by atoms with E-state index in [9.17, 15) is 18.8 Å². The molecule has 1 aliphatic rings. The van der Waals surface area contributed by atoms with Crippen LogP contribution < -0.4 is 10.7 Å². The molecule has 7 nitrogen and oxygen atoms in total. The summed E-state index contributed by atoms with van der Waals surface area (Å²) in [4.78, 5) is 38.7. The normalized spacial score (nSPS) is 16.2. The zero-order valence-electron chi connectivity index (χ0n) is 15.2. The molecule has 1 saturated heterocycles. The van der Waals surface area contributed by atoms with Crippen LogP contribution in [-0.2, 0) is 9.59 Å². The highest BCUT2D eigenvalue weighted by atomic mass is 79.9. The van der Waals surface area contributed by atoms with Gasteiger partial charge in [-0.05, 0) is 60.7 Å². The summed E-state index contributed by atoms with van der Waals surface area (Å²) >= 11 is 8.54. The average Bonchev–Trinajstić information content (AvgIpc) is 2.88. The first-order chi connectivity index (χ1) is 13.8. The maximum atomic E-state index is 13.0. The molecule has 29 heavy (non-hydrogen) atoms. The van der Waals surface area contributed by atoms with Crippen LogP contribution in [0.3, 0.4) is 0 Å². The van der Waals surface area contributed by atoms with Gasteiger partial charge in [-0.15, -0.1) is 0 Å². The van der Waals surface area contributed by atoms with E-state index in [0.29, 0.717) is 11.3 Å². The number of nitrogens with zero attached hydrogens (tertiary/aromatic N) is 2. The maximum Gasteiger partial charge on any atom is 0.269 e. The molecule has 1 fully saturated rings. The van der Waals surface area contributed by atoms with Gasteiger partial charge in [0, 0.05) is 22.8 Å². The highest BCUT2D eigenvalue weighted by molar-refractivity contribution is 9.10. The van der Waals surface area contributed by atoms with Crippen molar-refractivity contribution < 1.29 is 18.8 Å². The van der Waals surface area contributed by atoms with Crippen LogP contribution in [0.2, 0.25) is 0 Å². The zero-order valence-corrected chi connectivity index (χ0v) is 17.6. The second kappa shape index (κ2) is 8.66. The molecule has 3 amide bonds. The highest BCUT2D eigenvalue weighted by Crippen LogP contribution is 2.19. The summed E-state index contributed by atoms with van der Waals surface area (Å²) < 4.78 is 13.8. The van der Waals surface area contributed by atoms with E-state index in [-0.39, 0.29) is 11.5 Å². The quantitative estimate of drug-likeness (QED) is 0.645. The van der Waals surface area contributed by atoms with Crippen molar-refractivity contribution in [2.75, 3.05) is 12.4 Å². The number of benzene rings is 2. The van der Waals surface area contributed by atoms with Gasteiger partial charge in [-0.25, -0.2) is 9.40 Å². The summed E-state index contributed by atoms with van der Waals surface area (Å²) in [5.41, 5.74) is 3.36. The molecule has 0 spiro atoms. The number of rotatable bonds is 5. The molecule has 0 bridgehead atoms. The molecule has 1 aliphatic heterocycles. The monoisotopic (exact) mass is 478 g/mol. The average molecular weight is 479 g/mol. The molecule has 0 aliphatic carbocycles. The van der Waals surface area contributed by atoms with Crippen LogP contribution in [-0.4, -0.2) is 45.8 Å². The van der Waals surface area contributed by atoms with Crippen molar-refractivity contribution in [1.29, 1.82) is 0 Å². The maximum absolute atomic E-state index is 13.0. The van der Waals surface area contributed by atoms with E-state index >= 15 is 0 Å². The van der Waals surface area contributed by atoms with Crippen molar-refractivity contribution in [3.63, 3.8) is 0 Å². The van der Waals surface area contributed by atoms with Gasteiger partial charge < -0.3 is 5.32 Å². The van der Waals surface area contributed by atoms with Gasteiger partial charge in [0.1, 0.15) is 11.9 Å². The van der Waals surface area contributed by atoms with Crippen LogP contribution >= 0.6 is 28.1 Å². The minimum absolute atomic E-state index is 0.0834.